The standard InChI is InChI=1S/C12H7F3O2S/c13-12(14,15)9-8(6-18-10(9)11(16)17)7-4-2-1-3-5-7/h1-6H,(H,16,17). The fraction of sp³-hybridized carbons (Fsp3) is 0.0833. The molecule has 1 heterocycles. The van der Waals surface area contributed by atoms with Gasteiger partial charge in [0, 0.05) is 10.9 Å². The quantitative estimate of drug-likeness (QED) is 0.892. The van der Waals surface area contributed by atoms with E-state index in [1.807, 2.05) is 0 Å². The number of alkyl halides is 3. The molecule has 0 aliphatic carbocycles. The van der Waals surface area contributed by atoms with E-state index in [1.165, 1.54) is 17.5 Å². The van der Waals surface area contributed by atoms with Gasteiger partial charge in [0.15, 0.2) is 0 Å². The van der Waals surface area contributed by atoms with Crippen LogP contribution in [0.3, 0.4) is 0 Å². The van der Waals surface area contributed by atoms with E-state index in [1.54, 1.807) is 18.2 Å². The first-order valence-corrected chi connectivity index (χ1v) is 5.76. The maximum Gasteiger partial charge on any atom is 0.418 e. The van der Waals surface area contributed by atoms with E-state index in [0.717, 1.165) is 0 Å². The summed E-state index contributed by atoms with van der Waals surface area (Å²) in [5.41, 5.74) is -0.815. The van der Waals surface area contributed by atoms with Crippen LogP contribution in [-0.2, 0) is 6.18 Å². The largest absolute Gasteiger partial charge is 0.477 e. The number of rotatable bonds is 2. The van der Waals surface area contributed by atoms with Crippen molar-refractivity contribution >= 4 is 17.3 Å². The third-order valence-corrected chi connectivity index (χ3v) is 3.32. The number of carboxylic acid groups (broad SMARTS) is 1. The van der Waals surface area contributed by atoms with Gasteiger partial charge in [-0.1, -0.05) is 30.3 Å². The lowest BCUT2D eigenvalue weighted by molar-refractivity contribution is -0.137. The van der Waals surface area contributed by atoms with Gasteiger partial charge in [-0.25, -0.2) is 4.79 Å². The molecule has 18 heavy (non-hydrogen) atoms. The lowest BCUT2D eigenvalue weighted by Crippen LogP contribution is -2.11. The third kappa shape index (κ3) is 2.24. The Bertz CT molecular complexity index is 573. The molecule has 0 saturated carbocycles. The van der Waals surface area contributed by atoms with Crippen LogP contribution in [-0.4, -0.2) is 11.1 Å². The van der Waals surface area contributed by atoms with Crippen molar-refractivity contribution < 1.29 is 23.1 Å². The lowest BCUT2D eigenvalue weighted by atomic mass is 10.0. The van der Waals surface area contributed by atoms with Crippen LogP contribution in [0.5, 0.6) is 0 Å². The molecule has 94 valence electrons. The van der Waals surface area contributed by atoms with Crippen molar-refractivity contribution in [3.05, 3.63) is 46.2 Å². The predicted octanol–water partition coefficient (Wildman–Crippen LogP) is 4.13. The highest BCUT2D eigenvalue weighted by molar-refractivity contribution is 7.12. The Hall–Kier alpha value is -1.82. The van der Waals surface area contributed by atoms with Crippen molar-refractivity contribution in [1.29, 1.82) is 0 Å². The molecule has 2 aromatic rings. The van der Waals surface area contributed by atoms with Crippen LogP contribution < -0.4 is 0 Å². The Morgan fingerprint density at radius 3 is 2.28 bits per heavy atom. The van der Waals surface area contributed by atoms with Gasteiger partial charge < -0.3 is 5.11 Å². The van der Waals surface area contributed by atoms with E-state index in [2.05, 4.69) is 0 Å². The third-order valence-electron chi connectivity index (χ3n) is 2.35. The Labute approximate surface area is 104 Å². The molecule has 2 nitrogen and oxygen atoms in total. The summed E-state index contributed by atoms with van der Waals surface area (Å²) >= 11 is 0.586. The molecule has 6 heteroatoms. The number of thiophene rings is 1. The number of aromatic carboxylic acids is 1. The van der Waals surface area contributed by atoms with Gasteiger partial charge in [0.25, 0.3) is 0 Å². The molecule has 2 rings (SSSR count). The van der Waals surface area contributed by atoms with Crippen molar-refractivity contribution in [2.45, 2.75) is 6.18 Å². The highest BCUT2D eigenvalue weighted by Crippen LogP contribution is 2.42. The monoisotopic (exact) mass is 272 g/mol. The SMILES string of the molecule is O=C(O)c1scc(-c2ccccc2)c1C(F)(F)F. The zero-order chi connectivity index (χ0) is 13.3. The highest BCUT2D eigenvalue weighted by Gasteiger charge is 2.39. The van der Waals surface area contributed by atoms with Crippen molar-refractivity contribution in [2.75, 3.05) is 0 Å². The number of carboxylic acids is 1. The van der Waals surface area contributed by atoms with E-state index in [4.69, 9.17) is 5.11 Å². The number of carbonyl (C=O) groups is 1. The van der Waals surface area contributed by atoms with E-state index in [9.17, 15) is 18.0 Å². The van der Waals surface area contributed by atoms with Gasteiger partial charge in [0.2, 0.25) is 0 Å². The molecule has 0 fully saturated rings. The van der Waals surface area contributed by atoms with Crippen LogP contribution in [0.2, 0.25) is 0 Å². The van der Waals surface area contributed by atoms with Crippen LogP contribution in [0.1, 0.15) is 15.2 Å². The first-order valence-electron chi connectivity index (χ1n) is 4.88. The second-order valence-electron chi connectivity index (χ2n) is 3.52. The van der Waals surface area contributed by atoms with Crippen LogP contribution in [0.25, 0.3) is 11.1 Å². The van der Waals surface area contributed by atoms with Gasteiger partial charge in [-0.3, -0.25) is 0 Å². The van der Waals surface area contributed by atoms with Gasteiger partial charge >= 0.3 is 12.1 Å². The average Bonchev–Trinajstić information content (AvgIpc) is 2.74. The first-order chi connectivity index (χ1) is 8.41. The molecule has 0 radical (unpaired) electrons. The van der Waals surface area contributed by atoms with Crippen LogP contribution in [0.4, 0.5) is 13.2 Å². The minimum absolute atomic E-state index is 0.0921. The second kappa shape index (κ2) is 4.45. The zero-order valence-electron chi connectivity index (χ0n) is 8.86. The fourth-order valence-electron chi connectivity index (χ4n) is 1.63. The van der Waals surface area contributed by atoms with Crippen LogP contribution in [0, 0.1) is 0 Å². The van der Waals surface area contributed by atoms with E-state index < -0.39 is 22.6 Å². The van der Waals surface area contributed by atoms with Crippen molar-refractivity contribution in [2.24, 2.45) is 0 Å². The summed E-state index contributed by atoms with van der Waals surface area (Å²) < 4.78 is 38.8. The van der Waals surface area contributed by atoms with Crippen LogP contribution >= 0.6 is 11.3 Å². The van der Waals surface area contributed by atoms with Crippen LogP contribution in [0.15, 0.2) is 35.7 Å². The Morgan fingerprint density at radius 2 is 1.78 bits per heavy atom. The van der Waals surface area contributed by atoms with Crippen molar-refractivity contribution in [3.63, 3.8) is 0 Å². The molecule has 1 aromatic carbocycles. The molecule has 0 aliphatic rings. The molecular weight excluding hydrogens is 265 g/mol. The summed E-state index contributed by atoms with van der Waals surface area (Å²) in [7, 11) is 0. The molecule has 1 N–H and O–H groups in total. The van der Waals surface area contributed by atoms with Gasteiger partial charge in [0.1, 0.15) is 4.88 Å². The number of hydrogen-bond acceptors (Lipinski definition) is 2. The summed E-state index contributed by atoms with van der Waals surface area (Å²) in [4.78, 5) is 10.1. The van der Waals surface area contributed by atoms with E-state index in [0.29, 0.717) is 16.9 Å². The smallest absolute Gasteiger partial charge is 0.418 e. The lowest BCUT2D eigenvalue weighted by Gasteiger charge is -2.09. The minimum atomic E-state index is -4.68. The summed E-state index contributed by atoms with van der Waals surface area (Å²) in [6.45, 7) is 0. The summed E-state index contributed by atoms with van der Waals surface area (Å²) in [5, 5.41) is 10.0. The molecule has 1 aromatic heterocycles. The number of hydrogen-bond donors (Lipinski definition) is 1. The fourth-order valence-corrected chi connectivity index (χ4v) is 2.56. The second-order valence-corrected chi connectivity index (χ2v) is 4.40. The van der Waals surface area contributed by atoms with E-state index >= 15 is 0 Å². The molecule has 0 aliphatic heterocycles. The Morgan fingerprint density at radius 1 is 1.17 bits per heavy atom. The number of halogens is 3. The molecule has 0 atom stereocenters. The Balaban J connectivity index is 2.67. The maximum absolute atomic E-state index is 12.9. The maximum atomic E-state index is 12.9. The van der Waals surface area contributed by atoms with Gasteiger partial charge in [-0.2, -0.15) is 13.2 Å². The normalized spacial score (nSPS) is 11.5. The zero-order valence-corrected chi connectivity index (χ0v) is 9.68. The average molecular weight is 272 g/mol. The number of benzene rings is 1. The summed E-state index contributed by atoms with van der Waals surface area (Å²) in [5.74, 6) is -1.56. The van der Waals surface area contributed by atoms with Gasteiger partial charge in [-0.15, -0.1) is 11.3 Å². The topological polar surface area (TPSA) is 37.3 Å². The molecule has 0 amide bonds. The molecule has 0 unspecified atom stereocenters. The molecule has 0 spiro atoms. The first kappa shape index (κ1) is 12.6. The van der Waals surface area contributed by atoms with Gasteiger partial charge in [-0.05, 0) is 5.56 Å². The molecule has 0 saturated heterocycles. The van der Waals surface area contributed by atoms with E-state index in [-0.39, 0.29) is 5.56 Å². The van der Waals surface area contributed by atoms with Crippen molar-refractivity contribution in [3.8, 4) is 11.1 Å². The van der Waals surface area contributed by atoms with Crippen molar-refractivity contribution in [1.82, 2.24) is 0 Å². The molecule has 0 bridgehead atoms. The predicted molar refractivity (Wildman–Crippen MR) is 61.7 cm³/mol. The summed E-state index contributed by atoms with van der Waals surface area (Å²) in [6, 6.07) is 7.92. The Kier molecular flexibility index (Phi) is 3.13. The molecular formula is C12H7F3O2S. The van der Waals surface area contributed by atoms with Gasteiger partial charge in [0.05, 0.1) is 5.56 Å². The summed E-state index contributed by atoms with van der Waals surface area (Å²) in [6.07, 6.45) is -4.68. The minimum Gasteiger partial charge on any atom is -0.477 e. The highest BCUT2D eigenvalue weighted by atomic mass is 32.1.